The molecule has 3 rings (SSSR count). The Kier molecular flexibility index (Phi) is 6.11. The molecular weight excluding hydrogens is 360 g/mol. The van der Waals surface area contributed by atoms with E-state index in [1.54, 1.807) is 39.3 Å². The van der Waals surface area contributed by atoms with Gasteiger partial charge in [-0.25, -0.2) is 9.59 Å². The third-order valence-corrected chi connectivity index (χ3v) is 5.48. The van der Waals surface area contributed by atoms with Crippen molar-refractivity contribution in [2.24, 2.45) is 5.92 Å². The van der Waals surface area contributed by atoms with Crippen LogP contribution in [0.25, 0.3) is 0 Å². The molecule has 2 amide bonds. The monoisotopic (exact) mass is 388 g/mol. The molecule has 0 bridgehead atoms. The fraction of sp³-hybridized carbons (Fsp3) is 0.524. The van der Waals surface area contributed by atoms with Crippen molar-refractivity contribution < 1.29 is 23.8 Å². The molecule has 2 N–H and O–H groups in total. The van der Waals surface area contributed by atoms with E-state index < -0.39 is 12.0 Å². The number of ether oxygens (including phenoxy) is 3. The quantitative estimate of drug-likeness (QED) is 0.755. The van der Waals surface area contributed by atoms with Crippen molar-refractivity contribution in [1.29, 1.82) is 0 Å². The molecule has 7 nitrogen and oxygen atoms in total. The molecule has 2 aliphatic rings. The largest absolute Gasteiger partial charge is 0.497 e. The van der Waals surface area contributed by atoms with Crippen LogP contribution in [-0.2, 0) is 9.53 Å². The number of nitrogens with one attached hydrogen (secondary N) is 2. The van der Waals surface area contributed by atoms with Gasteiger partial charge in [-0.2, -0.15) is 0 Å². The maximum atomic E-state index is 13.0. The molecule has 1 fully saturated rings. The Morgan fingerprint density at radius 3 is 2.46 bits per heavy atom. The Labute approximate surface area is 165 Å². The molecule has 1 aliphatic heterocycles. The number of carbonyl (C=O) groups is 2. The molecule has 28 heavy (non-hydrogen) atoms. The summed E-state index contributed by atoms with van der Waals surface area (Å²) in [5, 5.41) is 5.50. The number of esters is 1. The van der Waals surface area contributed by atoms with Crippen LogP contribution in [0.1, 0.15) is 51.1 Å². The van der Waals surface area contributed by atoms with Crippen molar-refractivity contribution in [2.45, 2.75) is 51.7 Å². The van der Waals surface area contributed by atoms with Crippen molar-refractivity contribution in [3.8, 4) is 11.5 Å². The summed E-state index contributed by atoms with van der Waals surface area (Å²) in [7, 11) is 3.11. The standard InChI is InChI=1S/C21H28N2O5/c1-12-5-7-14(8-6-12)28-20(24)18-13(2)22-21(25)23-19(18)16-10-9-15(26-3)11-17(16)27-4/h9-12,14,19H,5-8H2,1-4H3,(H2,22,23,25)/t12?,14?,19-/m0/s1. The van der Waals surface area contributed by atoms with Crippen LogP contribution in [0.3, 0.4) is 0 Å². The van der Waals surface area contributed by atoms with Gasteiger partial charge >= 0.3 is 12.0 Å². The topological polar surface area (TPSA) is 85.9 Å². The van der Waals surface area contributed by atoms with E-state index in [4.69, 9.17) is 14.2 Å². The van der Waals surface area contributed by atoms with Crippen LogP contribution in [0.15, 0.2) is 29.5 Å². The molecule has 1 heterocycles. The summed E-state index contributed by atoms with van der Waals surface area (Å²) in [5.74, 6) is 1.41. The van der Waals surface area contributed by atoms with Crippen molar-refractivity contribution in [3.63, 3.8) is 0 Å². The summed E-state index contributed by atoms with van der Waals surface area (Å²) < 4.78 is 16.5. The minimum absolute atomic E-state index is 0.0833. The summed E-state index contributed by atoms with van der Waals surface area (Å²) in [4.78, 5) is 25.1. The maximum Gasteiger partial charge on any atom is 0.338 e. The fourth-order valence-corrected chi connectivity index (χ4v) is 3.82. The van der Waals surface area contributed by atoms with Crippen LogP contribution in [0.2, 0.25) is 0 Å². The molecule has 1 saturated carbocycles. The van der Waals surface area contributed by atoms with E-state index in [0.717, 1.165) is 25.7 Å². The fourth-order valence-electron chi connectivity index (χ4n) is 3.82. The number of hydrogen-bond acceptors (Lipinski definition) is 5. The lowest BCUT2D eigenvalue weighted by molar-refractivity contribution is -0.146. The molecule has 1 aromatic rings. The Balaban J connectivity index is 1.90. The lowest BCUT2D eigenvalue weighted by Gasteiger charge is -2.31. The van der Waals surface area contributed by atoms with Gasteiger partial charge in [0.2, 0.25) is 0 Å². The minimum Gasteiger partial charge on any atom is -0.497 e. The highest BCUT2D eigenvalue weighted by molar-refractivity contribution is 5.95. The predicted octanol–water partition coefficient (Wildman–Crippen LogP) is 3.45. The summed E-state index contributed by atoms with van der Waals surface area (Å²) in [6, 6.07) is 4.25. The van der Waals surface area contributed by atoms with Crippen molar-refractivity contribution in [2.75, 3.05) is 14.2 Å². The highest BCUT2D eigenvalue weighted by Crippen LogP contribution is 2.36. The number of carbonyl (C=O) groups excluding carboxylic acids is 2. The zero-order chi connectivity index (χ0) is 20.3. The lowest BCUT2D eigenvalue weighted by atomic mass is 9.88. The van der Waals surface area contributed by atoms with Crippen LogP contribution in [0.5, 0.6) is 11.5 Å². The van der Waals surface area contributed by atoms with Gasteiger partial charge in [-0.3, -0.25) is 0 Å². The Hall–Kier alpha value is -2.70. The lowest BCUT2D eigenvalue weighted by Crippen LogP contribution is -2.45. The Morgan fingerprint density at radius 2 is 1.82 bits per heavy atom. The smallest absolute Gasteiger partial charge is 0.338 e. The van der Waals surface area contributed by atoms with Gasteiger partial charge in [0.1, 0.15) is 17.6 Å². The van der Waals surface area contributed by atoms with Gasteiger partial charge in [0.15, 0.2) is 0 Å². The molecule has 1 atom stereocenters. The molecular formula is C21H28N2O5. The highest BCUT2D eigenvalue weighted by Gasteiger charge is 2.35. The minimum atomic E-state index is -0.662. The molecule has 0 saturated heterocycles. The first-order valence-corrected chi connectivity index (χ1v) is 9.64. The van der Waals surface area contributed by atoms with Gasteiger partial charge in [0.25, 0.3) is 0 Å². The first-order valence-electron chi connectivity index (χ1n) is 9.64. The molecule has 7 heteroatoms. The molecule has 0 aromatic heterocycles. The Morgan fingerprint density at radius 1 is 1.11 bits per heavy atom. The summed E-state index contributed by atoms with van der Waals surface area (Å²) >= 11 is 0. The molecule has 0 spiro atoms. The third-order valence-electron chi connectivity index (χ3n) is 5.48. The number of rotatable bonds is 5. The molecule has 0 radical (unpaired) electrons. The first-order chi connectivity index (χ1) is 13.4. The van der Waals surface area contributed by atoms with E-state index in [0.29, 0.717) is 34.3 Å². The van der Waals surface area contributed by atoms with Crippen molar-refractivity contribution in [3.05, 3.63) is 35.0 Å². The molecule has 152 valence electrons. The number of benzene rings is 1. The second kappa shape index (κ2) is 8.54. The van der Waals surface area contributed by atoms with E-state index in [2.05, 4.69) is 17.6 Å². The molecule has 0 unspecified atom stereocenters. The van der Waals surface area contributed by atoms with Gasteiger partial charge in [-0.1, -0.05) is 6.92 Å². The summed E-state index contributed by atoms with van der Waals surface area (Å²) in [6.45, 7) is 3.93. The highest BCUT2D eigenvalue weighted by atomic mass is 16.5. The van der Waals surface area contributed by atoms with E-state index in [1.807, 2.05) is 0 Å². The maximum absolute atomic E-state index is 13.0. The van der Waals surface area contributed by atoms with E-state index in [-0.39, 0.29) is 12.1 Å². The van der Waals surface area contributed by atoms with Crippen LogP contribution >= 0.6 is 0 Å². The van der Waals surface area contributed by atoms with Crippen LogP contribution in [0, 0.1) is 5.92 Å². The summed E-state index contributed by atoms with van der Waals surface area (Å²) in [6.07, 6.45) is 3.77. The van der Waals surface area contributed by atoms with Gasteiger partial charge in [-0.05, 0) is 50.7 Å². The van der Waals surface area contributed by atoms with Crippen LogP contribution in [0.4, 0.5) is 4.79 Å². The van der Waals surface area contributed by atoms with Gasteiger partial charge in [0.05, 0.1) is 25.8 Å². The number of urea groups is 1. The van der Waals surface area contributed by atoms with Crippen molar-refractivity contribution in [1.82, 2.24) is 10.6 Å². The average molecular weight is 388 g/mol. The van der Waals surface area contributed by atoms with Gasteiger partial charge in [0, 0.05) is 17.3 Å². The van der Waals surface area contributed by atoms with E-state index >= 15 is 0 Å². The van der Waals surface area contributed by atoms with Crippen LogP contribution < -0.4 is 20.1 Å². The average Bonchev–Trinajstić information content (AvgIpc) is 2.68. The predicted molar refractivity (Wildman–Crippen MR) is 104 cm³/mol. The second-order valence-corrected chi connectivity index (χ2v) is 7.47. The zero-order valence-electron chi connectivity index (χ0n) is 16.8. The molecule has 1 aromatic carbocycles. The zero-order valence-corrected chi connectivity index (χ0v) is 16.8. The first kappa shape index (κ1) is 20.0. The molecule has 1 aliphatic carbocycles. The number of methoxy groups -OCH3 is 2. The summed E-state index contributed by atoms with van der Waals surface area (Å²) in [5.41, 5.74) is 1.55. The van der Waals surface area contributed by atoms with Gasteiger partial charge < -0.3 is 24.8 Å². The van der Waals surface area contributed by atoms with E-state index in [1.165, 1.54) is 0 Å². The van der Waals surface area contributed by atoms with E-state index in [9.17, 15) is 9.59 Å². The number of hydrogen-bond donors (Lipinski definition) is 2. The number of allylic oxidation sites excluding steroid dienone is 1. The number of amides is 2. The normalized spacial score (nSPS) is 24.9. The second-order valence-electron chi connectivity index (χ2n) is 7.47. The SMILES string of the molecule is COc1ccc([C@@H]2NC(=O)NC(C)=C2C(=O)OC2CCC(C)CC2)c(OC)c1. The Bertz CT molecular complexity index is 781. The van der Waals surface area contributed by atoms with Gasteiger partial charge in [-0.15, -0.1) is 0 Å². The van der Waals surface area contributed by atoms with Crippen LogP contribution in [-0.4, -0.2) is 32.3 Å². The van der Waals surface area contributed by atoms with Crippen molar-refractivity contribution >= 4 is 12.0 Å². The third kappa shape index (κ3) is 4.24.